The van der Waals surface area contributed by atoms with Gasteiger partial charge in [0.1, 0.15) is 11.8 Å². The molecule has 0 radical (unpaired) electrons. The Morgan fingerprint density at radius 2 is 2.40 bits per heavy atom. The van der Waals surface area contributed by atoms with Gasteiger partial charge in [-0.1, -0.05) is 0 Å². The fourth-order valence-corrected chi connectivity index (χ4v) is 2.06. The van der Waals surface area contributed by atoms with Crippen molar-refractivity contribution in [2.24, 2.45) is 7.05 Å². The van der Waals surface area contributed by atoms with Gasteiger partial charge < -0.3 is 9.88 Å². The lowest BCUT2D eigenvalue weighted by molar-refractivity contribution is 0.596. The molecule has 0 saturated heterocycles. The molecule has 0 saturated carbocycles. The summed E-state index contributed by atoms with van der Waals surface area (Å²) in [5, 5.41) is 12.2. The van der Waals surface area contributed by atoms with Gasteiger partial charge in [0.05, 0.1) is 0 Å². The van der Waals surface area contributed by atoms with Crippen LogP contribution in [0.2, 0.25) is 0 Å². The van der Waals surface area contributed by atoms with Gasteiger partial charge in [-0.25, -0.2) is 0 Å². The average Bonchev–Trinajstić information content (AvgIpc) is 2.56. The van der Waals surface area contributed by atoms with E-state index >= 15 is 0 Å². The van der Waals surface area contributed by atoms with Gasteiger partial charge in [-0.05, 0) is 24.8 Å². The summed E-state index contributed by atoms with van der Waals surface area (Å²) >= 11 is 1.84. The maximum absolute atomic E-state index is 8.80. The molecule has 0 bridgehead atoms. The molecule has 3 nitrogen and oxygen atoms in total. The molecule has 0 aliphatic carbocycles. The highest BCUT2D eigenvalue weighted by Crippen LogP contribution is 2.06. The van der Waals surface area contributed by atoms with Crippen LogP contribution in [-0.2, 0) is 13.6 Å². The predicted octanol–water partition coefficient (Wildman–Crippen LogP) is 1.74. The summed E-state index contributed by atoms with van der Waals surface area (Å²) in [5.41, 5.74) is 1.88. The topological polar surface area (TPSA) is 40.8 Å². The Balaban J connectivity index is 2.48. The highest BCUT2D eigenvalue weighted by atomic mass is 32.2. The van der Waals surface area contributed by atoms with E-state index in [0.29, 0.717) is 11.7 Å². The number of hydrogen-bond donors (Lipinski definition) is 1. The van der Waals surface area contributed by atoms with Crippen molar-refractivity contribution in [3.05, 3.63) is 23.5 Å². The zero-order valence-electron chi connectivity index (χ0n) is 9.45. The first-order valence-corrected chi connectivity index (χ1v) is 6.34. The van der Waals surface area contributed by atoms with E-state index in [9.17, 15) is 0 Å². The molecule has 0 amide bonds. The molecule has 1 unspecified atom stereocenters. The molecule has 1 N–H and O–H groups in total. The summed E-state index contributed by atoms with van der Waals surface area (Å²) in [7, 11) is 1.90. The molecule has 82 valence electrons. The molecule has 0 aliphatic heterocycles. The van der Waals surface area contributed by atoms with Gasteiger partial charge >= 0.3 is 0 Å². The summed E-state index contributed by atoms with van der Waals surface area (Å²) in [6.07, 6.45) is 4.10. The smallest absolute Gasteiger partial charge is 0.120 e. The minimum Gasteiger partial charge on any atom is -0.342 e. The zero-order valence-corrected chi connectivity index (χ0v) is 10.3. The molecular formula is C11H17N3S. The van der Waals surface area contributed by atoms with Crippen molar-refractivity contribution < 1.29 is 0 Å². The van der Waals surface area contributed by atoms with Crippen LogP contribution in [0.5, 0.6) is 0 Å². The second-order valence-corrected chi connectivity index (χ2v) is 4.60. The van der Waals surface area contributed by atoms with E-state index in [1.165, 1.54) is 5.56 Å². The van der Waals surface area contributed by atoms with E-state index in [0.717, 1.165) is 12.3 Å². The van der Waals surface area contributed by atoms with Crippen LogP contribution in [-0.4, -0.2) is 22.6 Å². The first-order chi connectivity index (χ1) is 7.17. The van der Waals surface area contributed by atoms with Crippen LogP contribution in [0.3, 0.4) is 0 Å². The quantitative estimate of drug-likeness (QED) is 0.826. The van der Waals surface area contributed by atoms with Crippen LogP contribution in [0.4, 0.5) is 0 Å². The van der Waals surface area contributed by atoms with Crippen molar-refractivity contribution in [3.8, 4) is 6.07 Å². The van der Waals surface area contributed by atoms with E-state index in [4.69, 9.17) is 5.26 Å². The van der Waals surface area contributed by atoms with Gasteiger partial charge in [0, 0.05) is 31.6 Å². The molecule has 1 heterocycles. The normalized spacial score (nSPS) is 12.4. The summed E-state index contributed by atoms with van der Waals surface area (Å²) < 4.78 is 1.86. The van der Waals surface area contributed by atoms with Crippen molar-refractivity contribution in [3.63, 3.8) is 0 Å². The largest absolute Gasteiger partial charge is 0.342 e. The van der Waals surface area contributed by atoms with E-state index in [1.807, 2.05) is 35.6 Å². The number of rotatable bonds is 5. The molecule has 1 rings (SSSR count). The Morgan fingerprint density at radius 1 is 1.67 bits per heavy atom. The maximum Gasteiger partial charge on any atom is 0.120 e. The van der Waals surface area contributed by atoms with Crippen LogP contribution >= 0.6 is 11.8 Å². The van der Waals surface area contributed by atoms with Gasteiger partial charge in [-0.3, -0.25) is 0 Å². The summed E-state index contributed by atoms with van der Waals surface area (Å²) in [5.74, 6) is 1.11. The molecule has 15 heavy (non-hydrogen) atoms. The van der Waals surface area contributed by atoms with Crippen molar-refractivity contribution in [2.75, 3.05) is 12.0 Å². The summed E-state index contributed by atoms with van der Waals surface area (Å²) in [6.45, 7) is 3.00. The number of hydrogen-bond acceptors (Lipinski definition) is 3. The predicted molar refractivity (Wildman–Crippen MR) is 64.8 cm³/mol. The number of nitriles is 1. The van der Waals surface area contributed by atoms with Crippen molar-refractivity contribution in [1.29, 1.82) is 5.26 Å². The zero-order chi connectivity index (χ0) is 11.3. The molecule has 4 heteroatoms. The second kappa shape index (κ2) is 5.84. The molecular weight excluding hydrogens is 206 g/mol. The van der Waals surface area contributed by atoms with E-state index < -0.39 is 0 Å². The molecule has 1 atom stereocenters. The van der Waals surface area contributed by atoms with Gasteiger partial charge in [0.25, 0.3) is 0 Å². The highest BCUT2D eigenvalue weighted by molar-refractivity contribution is 7.98. The molecule has 0 fully saturated rings. The molecule has 1 aromatic heterocycles. The average molecular weight is 223 g/mol. The lowest BCUT2D eigenvalue weighted by Crippen LogP contribution is -2.27. The van der Waals surface area contributed by atoms with E-state index in [-0.39, 0.29) is 0 Å². The number of thioether (sulfide) groups is 1. The van der Waals surface area contributed by atoms with Crippen LogP contribution in [0.1, 0.15) is 18.2 Å². The molecule has 1 aromatic rings. The minimum atomic E-state index is 0.505. The highest BCUT2D eigenvalue weighted by Gasteiger charge is 2.04. The fraction of sp³-hybridized carbons (Fsp3) is 0.545. The van der Waals surface area contributed by atoms with Crippen LogP contribution < -0.4 is 5.32 Å². The minimum absolute atomic E-state index is 0.505. The monoisotopic (exact) mass is 223 g/mol. The Hall–Kier alpha value is -0.920. The number of aromatic nitrogens is 1. The third-order valence-corrected chi connectivity index (χ3v) is 3.08. The summed E-state index contributed by atoms with van der Waals surface area (Å²) in [4.78, 5) is 0. The lowest BCUT2D eigenvalue weighted by atomic mass is 10.3. The van der Waals surface area contributed by atoms with E-state index in [1.54, 1.807) is 0 Å². The molecule has 0 aromatic carbocycles. The lowest BCUT2D eigenvalue weighted by Gasteiger charge is -2.10. The Morgan fingerprint density at radius 3 is 2.93 bits per heavy atom. The standard InChI is InChI=1S/C11H17N3S/c1-9(8-15-3)13-6-10-4-11(5-12)14(2)7-10/h4,7,9,13H,6,8H2,1-3H3. The Labute approximate surface area is 95.5 Å². The van der Waals surface area contributed by atoms with Crippen LogP contribution in [0.15, 0.2) is 12.3 Å². The first kappa shape index (κ1) is 12.2. The van der Waals surface area contributed by atoms with Crippen molar-refractivity contribution in [2.45, 2.75) is 19.5 Å². The molecule has 0 aliphatic rings. The number of nitrogens with zero attached hydrogens (tertiary/aromatic N) is 2. The Kier molecular flexibility index (Phi) is 4.73. The Bertz CT molecular complexity index is 351. The SMILES string of the molecule is CSCC(C)NCc1cc(C#N)n(C)c1. The second-order valence-electron chi connectivity index (χ2n) is 3.69. The number of aryl methyl sites for hydroxylation is 1. The van der Waals surface area contributed by atoms with Gasteiger partial charge in [-0.2, -0.15) is 17.0 Å². The third kappa shape index (κ3) is 3.61. The first-order valence-electron chi connectivity index (χ1n) is 4.95. The number of nitrogens with one attached hydrogen (secondary N) is 1. The van der Waals surface area contributed by atoms with Gasteiger partial charge in [0.2, 0.25) is 0 Å². The third-order valence-electron chi connectivity index (χ3n) is 2.25. The van der Waals surface area contributed by atoms with Crippen molar-refractivity contribution >= 4 is 11.8 Å². The van der Waals surface area contributed by atoms with Crippen LogP contribution in [0, 0.1) is 11.3 Å². The molecule has 0 spiro atoms. The van der Waals surface area contributed by atoms with Crippen molar-refractivity contribution in [1.82, 2.24) is 9.88 Å². The van der Waals surface area contributed by atoms with Gasteiger partial charge in [-0.15, -0.1) is 0 Å². The fourth-order valence-electron chi connectivity index (χ4n) is 1.44. The van der Waals surface area contributed by atoms with Crippen LogP contribution in [0.25, 0.3) is 0 Å². The maximum atomic E-state index is 8.80. The van der Waals surface area contributed by atoms with Gasteiger partial charge in [0.15, 0.2) is 0 Å². The summed E-state index contributed by atoms with van der Waals surface area (Å²) in [6, 6.07) is 4.59. The van der Waals surface area contributed by atoms with E-state index in [2.05, 4.69) is 24.6 Å².